The topological polar surface area (TPSA) is 26.3 Å². The van der Waals surface area contributed by atoms with Gasteiger partial charge in [-0.2, -0.15) is 0 Å². The molecule has 0 atom stereocenters. The zero-order chi connectivity index (χ0) is 15.6. The Labute approximate surface area is 125 Å². The van der Waals surface area contributed by atoms with Crippen LogP contribution in [0.25, 0.3) is 0 Å². The lowest BCUT2D eigenvalue weighted by atomic mass is 9.67. The first kappa shape index (κ1) is 17.5. The van der Waals surface area contributed by atoms with E-state index in [0.717, 1.165) is 31.6 Å². The Morgan fingerprint density at radius 3 is 1.95 bits per heavy atom. The quantitative estimate of drug-likeness (QED) is 0.650. The van der Waals surface area contributed by atoms with E-state index >= 15 is 0 Å². The molecule has 1 rings (SSSR count). The molecule has 0 aromatic rings. The third-order valence-corrected chi connectivity index (χ3v) is 5.51. The molecule has 2 heteroatoms. The first-order valence-electron chi connectivity index (χ1n) is 8.30. The first-order chi connectivity index (χ1) is 9.06. The molecule has 1 aliphatic rings. The molecule has 0 radical (unpaired) electrons. The van der Waals surface area contributed by atoms with Crippen LogP contribution in [0.3, 0.4) is 0 Å². The van der Waals surface area contributed by atoms with Crippen molar-refractivity contribution in [3.05, 3.63) is 0 Å². The summed E-state index contributed by atoms with van der Waals surface area (Å²) < 4.78 is 6.01. The van der Waals surface area contributed by atoms with E-state index in [0.29, 0.717) is 5.41 Å². The molecule has 0 aromatic heterocycles. The van der Waals surface area contributed by atoms with Gasteiger partial charge in [-0.1, -0.05) is 34.6 Å². The minimum atomic E-state index is -0.358. The van der Waals surface area contributed by atoms with Crippen LogP contribution in [-0.2, 0) is 9.53 Å². The first-order valence-corrected chi connectivity index (χ1v) is 8.30. The summed E-state index contributed by atoms with van der Waals surface area (Å²) in [5, 5.41) is 0. The van der Waals surface area contributed by atoms with E-state index in [1.54, 1.807) is 0 Å². The van der Waals surface area contributed by atoms with Crippen LogP contribution in [0, 0.1) is 16.7 Å². The maximum atomic E-state index is 12.4. The number of hydrogen-bond donors (Lipinski definition) is 0. The van der Waals surface area contributed by atoms with Crippen LogP contribution in [-0.4, -0.2) is 11.6 Å². The third-order valence-electron chi connectivity index (χ3n) is 5.51. The molecule has 0 saturated heterocycles. The summed E-state index contributed by atoms with van der Waals surface area (Å²) in [4.78, 5) is 12.4. The Hall–Kier alpha value is -0.530. The Morgan fingerprint density at radius 2 is 1.60 bits per heavy atom. The van der Waals surface area contributed by atoms with Gasteiger partial charge in [0.2, 0.25) is 0 Å². The van der Waals surface area contributed by atoms with Crippen LogP contribution < -0.4 is 0 Å². The fourth-order valence-corrected chi connectivity index (χ4v) is 3.02. The molecule has 0 heterocycles. The lowest BCUT2D eigenvalue weighted by Crippen LogP contribution is -2.43. The fourth-order valence-electron chi connectivity index (χ4n) is 3.02. The normalized spacial score (nSPS) is 28.2. The molecule has 0 bridgehead atoms. The highest BCUT2D eigenvalue weighted by Crippen LogP contribution is 2.44. The van der Waals surface area contributed by atoms with Gasteiger partial charge in [0.05, 0.1) is 5.41 Å². The molecule has 2 nitrogen and oxygen atoms in total. The molecule has 0 amide bonds. The van der Waals surface area contributed by atoms with Crippen LogP contribution in [0.5, 0.6) is 0 Å². The summed E-state index contributed by atoms with van der Waals surface area (Å²) in [6, 6.07) is 0. The zero-order valence-electron chi connectivity index (χ0n) is 14.6. The molecule has 1 saturated carbocycles. The minimum absolute atomic E-state index is 0.0175. The van der Waals surface area contributed by atoms with Gasteiger partial charge in [0.15, 0.2) is 0 Å². The van der Waals surface area contributed by atoms with E-state index in [9.17, 15) is 4.79 Å². The number of esters is 1. The van der Waals surface area contributed by atoms with Gasteiger partial charge in [0.25, 0.3) is 0 Å². The van der Waals surface area contributed by atoms with Crippen molar-refractivity contribution in [2.45, 2.75) is 92.6 Å². The number of carbonyl (C=O) groups excluding carboxylic acids is 1. The summed E-state index contributed by atoms with van der Waals surface area (Å²) in [5.74, 6) is 0.733. The predicted octanol–water partition coefficient (Wildman–Crippen LogP) is 5.35. The standard InChI is InChI=1S/C18H34O2/c1-8-17(6,7)15(19)20-18(9-2)12-10-14(11-13-18)16(3,4)5/h14H,8-13H2,1-7H3. The maximum Gasteiger partial charge on any atom is 0.312 e. The van der Waals surface area contributed by atoms with Crippen LogP contribution >= 0.6 is 0 Å². The average molecular weight is 282 g/mol. The maximum absolute atomic E-state index is 12.4. The molecule has 0 aliphatic heterocycles. The summed E-state index contributed by atoms with van der Waals surface area (Å²) in [7, 11) is 0. The smallest absolute Gasteiger partial charge is 0.312 e. The van der Waals surface area contributed by atoms with Crippen molar-refractivity contribution in [2.75, 3.05) is 0 Å². The Morgan fingerprint density at radius 1 is 1.10 bits per heavy atom. The van der Waals surface area contributed by atoms with Crippen molar-refractivity contribution < 1.29 is 9.53 Å². The summed E-state index contributed by atoms with van der Waals surface area (Å²) in [6.07, 6.45) is 6.17. The summed E-state index contributed by atoms with van der Waals surface area (Å²) in [5.41, 5.74) is -0.194. The molecule has 20 heavy (non-hydrogen) atoms. The van der Waals surface area contributed by atoms with E-state index in [4.69, 9.17) is 4.74 Å². The van der Waals surface area contributed by atoms with E-state index in [-0.39, 0.29) is 17.0 Å². The van der Waals surface area contributed by atoms with Gasteiger partial charge >= 0.3 is 5.97 Å². The molecule has 0 unspecified atom stereocenters. The SMILES string of the molecule is CCC1(OC(=O)C(C)(C)CC)CCC(C(C)(C)C)CC1. The largest absolute Gasteiger partial charge is 0.459 e. The highest BCUT2D eigenvalue weighted by atomic mass is 16.6. The van der Waals surface area contributed by atoms with Gasteiger partial charge in [0, 0.05) is 0 Å². The summed E-state index contributed by atoms with van der Waals surface area (Å²) >= 11 is 0. The number of rotatable bonds is 4. The van der Waals surface area contributed by atoms with Crippen LogP contribution in [0.2, 0.25) is 0 Å². The number of ether oxygens (including phenoxy) is 1. The number of hydrogen-bond acceptors (Lipinski definition) is 2. The van der Waals surface area contributed by atoms with Crippen molar-refractivity contribution in [1.29, 1.82) is 0 Å². The highest BCUT2D eigenvalue weighted by Gasteiger charge is 2.42. The Balaban J connectivity index is 2.71. The van der Waals surface area contributed by atoms with Gasteiger partial charge in [-0.05, 0) is 63.7 Å². The van der Waals surface area contributed by atoms with Crippen molar-refractivity contribution in [1.82, 2.24) is 0 Å². The molecular formula is C18H34O2. The fraction of sp³-hybridized carbons (Fsp3) is 0.944. The van der Waals surface area contributed by atoms with E-state index in [2.05, 4.69) is 34.6 Å². The lowest BCUT2D eigenvalue weighted by molar-refractivity contribution is -0.176. The van der Waals surface area contributed by atoms with Crippen LogP contribution in [0.15, 0.2) is 0 Å². The monoisotopic (exact) mass is 282 g/mol. The van der Waals surface area contributed by atoms with Crippen LogP contribution in [0.4, 0.5) is 0 Å². The molecular weight excluding hydrogens is 248 g/mol. The second kappa shape index (κ2) is 6.07. The number of carbonyl (C=O) groups is 1. The predicted molar refractivity (Wildman–Crippen MR) is 84.6 cm³/mol. The summed E-state index contributed by atoms with van der Waals surface area (Å²) in [6.45, 7) is 15.1. The van der Waals surface area contributed by atoms with E-state index < -0.39 is 0 Å². The van der Waals surface area contributed by atoms with Gasteiger partial charge in [-0.15, -0.1) is 0 Å². The van der Waals surface area contributed by atoms with Gasteiger partial charge in [0.1, 0.15) is 5.60 Å². The van der Waals surface area contributed by atoms with Gasteiger partial charge in [-0.3, -0.25) is 4.79 Å². The molecule has 0 N–H and O–H groups in total. The van der Waals surface area contributed by atoms with Gasteiger partial charge in [-0.25, -0.2) is 0 Å². The van der Waals surface area contributed by atoms with Gasteiger partial charge < -0.3 is 4.74 Å². The van der Waals surface area contributed by atoms with Crippen molar-refractivity contribution in [3.63, 3.8) is 0 Å². The second-order valence-corrected chi connectivity index (χ2v) is 8.30. The van der Waals surface area contributed by atoms with Crippen molar-refractivity contribution in [3.8, 4) is 0 Å². The van der Waals surface area contributed by atoms with E-state index in [1.807, 2.05) is 13.8 Å². The molecule has 118 valence electrons. The Kier molecular flexibility index (Phi) is 5.32. The molecule has 0 spiro atoms. The second-order valence-electron chi connectivity index (χ2n) is 8.30. The average Bonchev–Trinajstić information content (AvgIpc) is 2.38. The van der Waals surface area contributed by atoms with Crippen LogP contribution in [0.1, 0.15) is 87.0 Å². The minimum Gasteiger partial charge on any atom is -0.459 e. The zero-order valence-corrected chi connectivity index (χ0v) is 14.6. The Bertz CT molecular complexity index is 328. The molecule has 0 aromatic carbocycles. The molecule has 1 aliphatic carbocycles. The highest BCUT2D eigenvalue weighted by molar-refractivity contribution is 5.76. The van der Waals surface area contributed by atoms with E-state index in [1.165, 1.54) is 12.8 Å². The van der Waals surface area contributed by atoms with Crippen molar-refractivity contribution in [2.24, 2.45) is 16.7 Å². The molecule has 1 fully saturated rings. The lowest BCUT2D eigenvalue weighted by Gasteiger charge is -2.44. The third kappa shape index (κ3) is 3.99. The van der Waals surface area contributed by atoms with Crippen molar-refractivity contribution >= 4 is 5.97 Å².